The molecule has 0 radical (unpaired) electrons. The largest absolute Gasteiger partial charge is 0.367 e. The zero-order valence-electron chi connectivity index (χ0n) is 11.4. The lowest BCUT2D eigenvalue weighted by atomic mass is 10.1. The van der Waals surface area contributed by atoms with E-state index in [0.29, 0.717) is 6.04 Å². The minimum Gasteiger partial charge on any atom is -0.367 e. The molecule has 1 aromatic carbocycles. The molecular formula is C17H20N2. The van der Waals surface area contributed by atoms with Gasteiger partial charge in [-0.25, -0.2) is 4.98 Å². The van der Waals surface area contributed by atoms with Gasteiger partial charge in [-0.2, -0.15) is 0 Å². The number of fused-ring (bicyclic) bond motifs is 1. The van der Waals surface area contributed by atoms with E-state index in [2.05, 4.69) is 42.6 Å². The molecule has 2 fully saturated rings. The van der Waals surface area contributed by atoms with Gasteiger partial charge >= 0.3 is 0 Å². The fourth-order valence-corrected chi connectivity index (χ4v) is 3.06. The van der Waals surface area contributed by atoms with E-state index in [9.17, 15) is 0 Å². The Hall–Kier alpha value is -1.57. The number of para-hydroxylation sites is 1. The van der Waals surface area contributed by atoms with Gasteiger partial charge in [0.25, 0.3) is 0 Å². The van der Waals surface area contributed by atoms with Crippen molar-refractivity contribution < 1.29 is 0 Å². The predicted molar refractivity (Wildman–Crippen MR) is 79.3 cm³/mol. The highest BCUT2D eigenvalue weighted by molar-refractivity contribution is 5.81. The van der Waals surface area contributed by atoms with Crippen molar-refractivity contribution in [3.05, 3.63) is 35.9 Å². The highest BCUT2D eigenvalue weighted by atomic mass is 15.0. The van der Waals surface area contributed by atoms with Crippen LogP contribution >= 0.6 is 0 Å². The van der Waals surface area contributed by atoms with Crippen LogP contribution in [-0.4, -0.2) is 11.0 Å². The number of aromatic nitrogens is 1. The number of pyridine rings is 1. The smallest absolute Gasteiger partial charge is 0.129 e. The molecule has 0 spiro atoms. The Kier molecular flexibility index (Phi) is 2.51. The monoisotopic (exact) mass is 252 g/mol. The maximum atomic E-state index is 4.82. The molecule has 1 aromatic heterocycles. The molecule has 2 aromatic rings. The first-order chi connectivity index (χ1) is 9.31. The number of nitrogens with one attached hydrogen (secondary N) is 1. The molecular weight excluding hydrogens is 232 g/mol. The Morgan fingerprint density at radius 2 is 1.79 bits per heavy atom. The third-order valence-electron chi connectivity index (χ3n) is 4.48. The van der Waals surface area contributed by atoms with Crippen molar-refractivity contribution in [1.29, 1.82) is 0 Å². The predicted octanol–water partition coefficient (Wildman–Crippen LogP) is 4.14. The van der Waals surface area contributed by atoms with Crippen LogP contribution in [0.4, 0.5) is 5.82 Å². The first-order valence-electron chi connectivity index (χ1n) is 7.44. The Bertz CT molecular complexity index is 600. The summed E-state index contributed by atoms with van der Waals surface area (Å²) in [6, 6.07) is 11.3. The zero-order chi connectivity index (χ0) is 12.8. The van der Waals surface area contributed by atoms with Gasteiger partial charge in [0, 0.05) is 11.4 Å². The lowest BCUT2D eigenvalue weighted by molar-refractivity contribution is 0.565. The number of benzene rings is 1. The van der Waals surface area contributed by atoms with E-state index in [-0.39, 0.29) is 0 Å². The van der Waals surface area contributed by atoms with Crippen molar-refractivity contribution in [2.75, 3.05) is 5.32 Å². The third kappa shape index (κ3) is 2.20. The molecule has 0 saturated heterocycles. The molecule has 2 heteroatoms. The van der Waals surface area contributed by atoms with Crippen molar-refractivity contribution in [3.63, 3.8) is 0 Å². The van der Waals surface area contributed by atoms with Gasteiger partial charge in [-0.1, -0.05) is 18.2 Å². The normalized spacial score (nSPS) is 19.1. The van der Waals surface area contributed by atoms with Gasteiger partial charge in [0.1, 0.15) is 5.82 Å². The van der Waals surface area contributed by atoms with Gasteiger partial charge in [0.05, 0.1) is 5.52 Å². The topological polar surface area (TPSA) is 24.9 Å². The van der Waals surface area contributed by atoms with Gasteiger partial charge in [0.2, 0.25) is 0 Å². The molecule has 4 rings (SSSR count). The lowest BCUT2D eigenvalue weighted by Gasteiger charge is -2.20. The second-order valence-corrected chi connectivity index (χ2v) is 6.19. The number of nitrogens with zero attached hydrogens (tertiary/aromatic N) is 1. The number of aryl methyl sites for hydroxylation is 1. The van der Waals surface area contributed by atoms with E-state index >= 15 is 0 Å². The summed E-state index contributed by atoms with van der Waals surface area (Å²) >= 11 is 0. The molecule has 2 aliphatic rings. The average Bonchev–Trinajstić information content (AvgIpc) is 3.28. The summed E-state index contributed by atoms with van der Waals surface area (Å²) in [5, 5.41) is 4.99. The second-order valence-electron chi connectivity index (χ2n) is 6.19. The molecule has 2 saturated carbocycles. The van der Waals surface area contributed by atoms with Crippen molar-refractivity contribution in [3.8, 4) is 0 Å². The molecule has 19 heavy (non-hydrogen) atoms. The molecule has 98 valence electrons. The van der Waals surface area contributed by atoms with Crippen LogP contribution in [0.15, 0.2) is 30.3 Å². The van der Waals surface area contributed by atoms with Crippen LogP contribution in [0.5, 0.6) is 0 Å². The molecule has 0 aliphatic heterocycles. The van der Waals surface area contributed by atoms with Gasteiger partial charge in [-0.15, -0.1) is 0 Å². The minimum absolute atomic E-state index is 0.673. The van der Waals surface area contributed by atoms with Crippen LogP contribution in [0.1, 0.15) is 31.2 Å². The van der Waals surface area contributed by atoms with Gasteiger partial charge < -0.3 is 5.32 Å². The van der Waals surface area contributed by atoms with Crippen molar-refractivity contribution in [1.82, 2.24) is 4.98 Å². The van der Waals surface area contributed by atoms with Crippen LogP contribution < -0.4 is 5.32 Å². The van der Waals surface area contributed by atoms with Crippen molar-refractivity contribution in [2.24, 2.45) is 11.8 Å². The highest BCUT2D eigenvalue weighted by Crippen LogP contribution is 2.46. The lowest BCUT2D eigenvalue weighted by Crippen LogP contribution is -2.25. The molecule has 2 nitrogen and oxygen atoms in total. The van der Waals surface area contributed by atoms with E-state index in [4.69, 9.17) is 4.98 Å². The van der Waals surface area contributed by atoms with E-state index in [1.54, 1.807) is 0 Å². The summed E-state index contributed by atoms with van der Waals surface area (Å²) in [4.78, 5) is 4.82. The number of hydrogen-bond donors (Lipinski definition) is 1. The van der Waals surface area contributed by atoms with Gasteiger partial charge in [0.15, 0.2) is 0 Å². The number of rotatable bonds is 4. The fraction of sp³-hybridized carbons (Fsp3) is 0.471. The first-order valence-corrected chi connectivity index (χ1v) is 7.44. The Morgan fingerprint density at radius 1 is 1.11 bits per heavy atom. The first kappa shape index (κ1) is 11.3. The minimum atomic E-state index is 0.673. The summed E-state index contributed by atoms with van der Waals surface area (Å²) in [6.07, 6.45) is 5.61. The average molecular weight is 252 g/mol. The summed E-state index contributed by atoms with van der Waals surface area (Å²) in [7, 11) is 0. The molecule has 2 aliphatic carbocycles. The maximum Gasteiger partial charge on any atom is 0.129 e. The Balaban J connectivity index is 1.67. The SMILES string of the molecule is Cc1cc2ccccc2nc1NC(C1CC1)C1CC1. The molecule has 1 N–H and O–H groups in total. The van der Waals surface area contributed by atoms with E-state index in [1.165, 1.54) is 36.6 Å². The maximum absolute atomic E-state index is 4.82. The summed E-state index contributed by atoms with van der Waals surface area (Å²) in [6.45, 7) is 2.17. The molecule has 0 atom stereocenters. The standard InChI is InChI=1S/C17H20N2/c1-11-10-14-4-2-3-5-15(14)18-17(11)19-16(12-6-7-12)13-8-9-13/h2-5,10,12-13,16H,6-9H2,1H3,(H,18,19). The number of anilines is 1. The van der Waals surface area contributed by atoms with E-state index < -0.39 is 0 Å². The molecule has 0 unspecified atom stereocenters. The van der Waals surface area contributed by atoms with E-state index in [1.807, 2.05) is 0 Å². The van der Waals surface area contributed by atoms with Crippen LogP contribution in [0.25, 0.3) is 10.9 Å². The van der Waals surface area contributed by atoms with Crippen LogP contribution in [-0.2, 0) is 0 Å². The molecule has 0 bridgehead atoms. The van der Waals surface area contributed by atoms with Crippen LogP contribution in [0.2, 0.25) is 0 Å². The second kappa shape index (κ2) is 4.22. The molecule has 1 heterocycles. The van der Waals surface area contributed by atoms with Gasteiger partial charge in [-0.3, -0.25) is 0 Å². The highest BCUT2D eigenvalue weighted by Gasteiger charge is 2.41. The van der Waals surface area contributed by atoms with Crippen molar-refractivity contribution in [2.45, 2.75) is 38.6 Å². The quantitative estimate of drug-likeness (QED) is 0.884. The van der Waals surface area contributed by atoms with E-state index in [0.717, 1.165) is 23.2 Å². The molecule has 0 amide bonds. The zero-order valence-corrected chi connectivity index (χ0v) is 11.4. The summed E-state index contributed by atoms with van der Waals surface area (Å²) in [5.74, 6) is 2.91. The van der Waals surface area contributed by atoms with Crippen molar-refractivity contribution >= 4 is 16.7 Å². The van der Waals surface area contributed by atoms with Gasteiger partial charge in [-0.05, 0) is 62.1 Å². The number of hydrogen-bond acceptors (Lipinski definition) is 2. The summed E-state index contributed by atoms with van der Waals surface area (Å²) < 4.78 is 0. The third-order valence-corrected chi connectivity index (χ3v) is 4.48. The Morgan fingerprint density at radius 3 is 2.47 bits per heavy atom. The Labute approximate surface area is 114 Å². The van der Waals surface area contributed by atoms with Crippen LogP contribution in [0, 0.1) is 18.8 Å². The fourth-order valence-electron chi connectivity index (χ4n) is 3.06. The van der Waals surface area contributed by atoms with Crippen LogP contribution in [0.3, 0.4) is 0 Å². The summed E-state index contributed by atoms with van der Waals surface area (Å²) in [5.41, 5.74) is 2.37.